The summed E-state index contributed by atoms with van der Waals surface area (Å²) in [6, 6.07) is -0.269. The van der Waals surface area contributed by atoms with E-state index in [0.29, 0.717) is 6.54 Å². The second-order valence-electron chi connectivity index (χ2n) is 5.04. The van der Waals surface area contributed by atoms with Gasteiger partial charge < -0.3 is 4.74 Å². The number of aryl methyl sites for hydroxylation is 2. The van der Waals surface area contributed by atoms with E-state index in [-0.39, 0.29) is 17.9 Å². The van der Waals surface area contributed by atoms with Crippen LogP contribution in [0.15, 0.2) is 0 Å². The Morgan fingerprint density at radius 1 is 1.47 bits per heavy atom. The van der Waals surface area contributed by atoms with Gasteiger partial charge in [-0.15, -0.1) is 0 Å². The lowest BCUT2D eigenvalue weighted by Crippen LogP contribution is -2.42. The molecule has 19 heavy (non-hydrogen) atoms. The van der Waals surface area contributed by atoms with Crippen LogP contribution in [-0.2, 0) is 23.1 Å². The first-order valence-electron chi connectivity index (χ1n) is 6.72. The van der Waals surface area contributed by atoms with Crippen molar-refractivity contribution in [2.45, 2.75) is 46.7 Å². The van der Waals surface area contributed by atoms with E-state index >= 15 is 0 Å². The first-order chi connectivity index (χ1) is 8.92. The number of methoxy groups -OCH3 is 1. The van der Waals surface area contributed by atoms with E-state index in [4.69, 9.17) is 4.74 Å². The van der Waals surface area contributed by atoms with Crippen LogP contribution in [0.2, 0.25) is 0 Å². The zero-order valence-corrected chi connectivity index (χ0v) is 12.8. The smallest absolute Gasteiger partial charge is 0.323 e. The van der Waals surface area contributed by atoms with Gasteiger partial charge in [-0.25, -0.2) is 0 Å². The Morgan fingerprint density at radius 2 is 2.11 bits per heavy atom. The van der Waals surface area contributed by atoms with E-state index in [1.54, 1.807) is 0 Å². The SMILES string of the molecule is CCC(C)C(NCc1c(C)nn(C)c1C)C(=O)OC. The minimum Gasteiger partial charge on any atom is -0.468 e. The molecule has 5 heteroatoms. The Kier molecular flexibility index (Phi) is 5.54. The molecule has 0 aliphatic carbocycles. The van der Waals surface area contributed by atoms with Crippen molar-refractivity contribution < 1.29 is 9.53 Å². The highest BCUT2D eigenvalue weighted by Crippen LogP contribution is 2.14. The topological polar surface area (TPSA) is 56.2 Å². The molecule has 0 aliphatic heterocycles. The van der Waals surface area contributed by atoms with Crippen LogP contribution in [0.5, 0.6) is 0 Å². The Balaban J connectivity index is 2.79. The molecule has 0 amide bonds. The molecule has 0 spiro atoms. The Hall–Kier alpha value is -1.36. The maximum atomic E-state index is 11.8. The zero-order valence-electron chi connectivity index (χ0n) is 12.8. The standard InChI is InChI=1S/C14H25N3O2/c1-7-9(2)13(14(18)19-6)15-8-12-10(3)16-17(5)11(12)4/h9,13,15H,7-8H2,1-6H3. The molecule has 2 atom stereocenters. The van der Waals surface area contributed by atoms with E-state index < -0.39 is 0 Å². The Labute approximate surface area is 115 Å². The Bertz CT molecular complexity index is 440. The molecule has 1 aromatic rings. The molecule has 0 aliphatic rings. The van der Waals surface area contributed by atoms with E-state index in [0.717, 1.165) is 23.4 Å². The second kappa shape index (κ2) is 6.70. The van der Waals surface area contributed by atoms with Crippen LogP contribution in [0.1, 0.15) is 37.2 Å². The largest absolute Gasteiger partial charge is 0.468 e. The van der Waals surface area contributed by atoms with Crippen molar-refractivity contribution in [3.05, 3.63) is 17.0 Å². The number of carbonyl (C=O) groups excluding carboxylic acids is 1. The van der Waals surface area contributed by atoms with Gasteiger partial charge >= 0.3 is 5.97 Å². The van der Waals surface area contributed by atoms with Gasteiger partial charge in [-0.05, 0) is 19.8 Å². The lowest BCUT2D eigenvalue weighted by Gasteiger charge is -2.22. The van der Waals surface area contributed by atoms with Crippen LogP contribution in [0, 0.1) is 19.8 Å². The first-order valence-corrected chi connectivity index (χ1v) is 6.72. The number of hydrogen-bond acceptors (Lipinski definition) is 4. The molecule has 1 rings (SSSR count). The number of esters is 1. The molecule has 2 unspecified atom stereocenters. The van der Waals surface area contributed by atoms with Crippen LogP contribution in [0.3, 0.4) is 0 Å². The predicted molar refractivity (Wildman–Crippen MR) is 74.8 cm³/mol. The van der Waals surface area contributed by atoms with Crippen molar-refractivity contribution in [3.8, 4) is 0 Å². The maximum absolute atomic E-state index is 11.8. The summed E-state index contributed by atoms with van der Waals surface area (Å²) < 4.78 is 6.73. The predicted octanol–water partition coefficient (Wildman–Crippen LogP) is 1.71. The summed E-state index contributed by atoms with van der Waals surface area (Å²) in [5.41, 5.74) is 3.28. The van der Waals surface area contributed by atoms with Crippen LogP contribution in [-0.4, -0.2) is 28.9 Å². The number of ether oxygens (including phenoxy) is 1. The maximum Gasteiger partial charge on any atom is 0.323 e. The summed E-state index contributed by atoms with van der Waals surface area (Å²) in [6.07, 6.45) is 0.928. The van der Waals surface area contributed by atoms with Gasteiger partial charge in [0, 0.05) is 24.8 Å². The van der Waals surface area contributed by atoms with Crippen LogP contribution in [0.4, 0.5) is 0 Å². The fourth-order valence-electron chi connectivity index (χ4n) is 2.16. The normalized spacial score (nSPS) is 14.2. The van der Waals surface area contributed by atoms with Crippen molar-refractivity contribution in [3.63, 3.8) is 0 Å². The molecule has 0 saturated heterocycles. The quantitative estimate of drug-likeness (QED) is 0.797. The van der Waals surface area contributed by atoms with Gasteiger partial charge in [0.1, 0.15) is 6.04 Å². The van der Waals surface area contributed by atoms with Crippen molar-refractivity contribution in [1.82, 2.24) is 15.1 Å². The number of nitrogens with zero attached hydrogens (tertiary/aromatic N) is 2. The highest BCUT2D eigenvalue weighted by atomic mass is 16.5. The van der Waals surface area contributed by atoms with E-state index in [2.05, 4.69) is 24.3 Å². The third kappa shape index (κ3) is 3.56. The van der Waals surface area contributed by atoms with E-state index in [1.807, 2.05) is 25.6 Å². The molecule has 5 nitrogen and oxygen atoms in total. The summed E-state index contributed by atoms with van der Waals surface area (Å²) in [4.78, 5) is 11.8. The average molecular weight is 267 g/mol. The summed E-state index contributed by atoms with van der Waals surface area (Å²) in [6.45, 7) is 8.78. The third-order valence-electron chi connectivity index (χ3n) is 3.83. The molecule has 0 bridgehead atoms. The summed E-state index contributed by atoms with van der Waals surface area (Å²) >= 11 is 0. The van der Waals surface area contributed by atoms with Gasteiger partial charge in [0.25, 0.3) is 0 Å². The van der Waals surface area contributed by atoms with Crippen molar-refractivity contribution >= 4 is 5.97 Å². The number of carbonyl (C=O) groups is 1. The third-order valence-corrected chi connectivity index (χ3v) is 3.83. The molecule has 1 aromatic heterocycles. The van der Waals surface area contributed by atoms with Crippen molar-refractivity contribution in [1.29, 1.82) is 0 Å². The second-order valence-corrected chi connectivity index (χ2v) is 5.04. The molecular weight excluding hydrogens is 242 g/mol. The van der Waals surface area contributed by atoms with E-state index in [9.17, 15) is 4.79 Å². The highest BCUT2D eigenvalue weighted by molar-refractivity contribution is 5.76. The van der Waals surface area contributed by atoms with Gasteiger partial charge in [-0.1, -0.05) is 20.3 Å². The molecule has 0 radical (unpaired) electrons. The summed E-state index contributed by atoms with van der Waals surface area (Å²) in [5, 5.41) is 7.68. The highest BCUT2D eigenvalue weighted by Gasteiger charge is 2.25. The molecular formula is C14H25N3O2. The van der Waals surface area contributed by atoms with Crippen LogP contribution >= 0.6 is 0 Å². The monoisotopic (exact) mass is 267 g/mol. The lowest BCUT2D eigenvalue weighted by molar-refractivity contribution is -0.144. The van der Waals surface area contributed by atoms with Crippen LogP contribution < -0.4 is 5.32 Å². The lowest BCUT2D eigenvalue weighted by atomic mass is 9.99. The number of aromatic nitrogens is 2. The Morgan fingerprint density at radius 3 is 2.53 bits per heavy atom. The van der Waals surface area contributed by atoms with Crippen LogP contribution in [0.25, 0.3) is 0 Å². The summed E-state index contributed by atoms with van der Waals surface area (Å²) in [5.74, 6) is 0.0401. The molecule has 0 fully saturated rings. The number of nitrogens with one attached hydrogen (secondary N) is 1. The molecule has 0 saturated carbocycles. The van der Waals surface area contributed by atoms with Crippen molar-refractivity contribution in [2.75, 3.05) is 7.11 Å². The van der Waals surface area contributed by atoms with Gasteiger partial charge in [-0.3, -0.25) is 14.8 Å². The molecule has 1 N–H and O–H groups in total. The zero-order chi connectivity index (χ0) is 14.6. The fourth-order valence-corrected chi connectivity index (χ4v) is 2.16. The van der Waals surface area contributed by atoms with Crippen molar-refractivity contribution in [2.24, 2.45) is 13.0 Å². The fraction of sp³-hybridized carbons (Fsp3) is 0.714. The molecule has 1 heterocycles. The first kappa shape index (κ1) is 15.7. The average Bonchev–Trinajstić information content (AvgIpc) is 2.63. The minimum atomic E-state index is -0.269. The van der Waals surface area contributed by atoms with Gasteiger partial charge in [0.15, 0.2) is 0 Å². The number of hydrogen-bond donors (Lipinski definition) is 1. The van der Waals surface area contributed by atoms with Gasteiger partial charge in [0.2, 0.25) is 0 Å². The van der Waals surface area contributed by atoms with E-state index in [1.165, 1.54) is 7.11 Å². The molecule has 0 aromatic carbocycles. The van der Waals surface area contributed by atoms with Gasteiger partial charge in [0.05, 0.1) is 12.8 Å². The molecule has 108 valence electrons. The summed E-state index contributed by atoms with van der Waals surface area (Å²) in [7, 11) is 3.36. The van der Waals surface area contributed by atoms with Gasteiger partial charge in [-0.2, -0.15) is 5.10 Å². The minimum absolute atomic E-state index is 0.200. The number of rotatable bonds is 6.